The molecule has 1 saturated carbocycles. The Hall–Kier alpha value is -0.350. The molecule has 0 unspecified atom stereocenters. The monoisotopic (exact) mass is 327 g/mol. The molecule has 1 fully saturated rings. The van der Waals surface area contributed by atoms with Crippen molar-refractivity contribution in [2.75, 3.05) is 13.1 Å². The van der Waals surface area contributed by atoms with E-state index in [9.17, 15) is 0 Å². The molecule has 1 aromatic heterocycles. The van der Waals surface area contributed by atoms with Crippen LogP contribution in [0.5, 0.6) is 0 Å². The highest BCUT2D eigenvalue weighted by atomic mass is 79.9. The summed E-state index contributed by atoms with van der Waals surface area (Å²) in [5.41, 5.74) is 2.91. The average molecular weight is 328 g/mol. The Morgan fingerprint density at radius 2 is 2.05 bits per heavy atom. The minimum Gasteiger partial charge on any atom is -0.316 e. The first-order valence-electron chi connectivity index (χ1n) is 7.47. The lowest BCUT2D eigenvalue weighted by Crippen LogP contribution is -2.35. The third kappa shape index (κ3) is 3.40. The highest BCUT2D eigenvalue weighted by molar-refractivity contribution is 9.10. The lowest BCUT2D eigenvalue weighted by atomic mass is 9.81. The molecule has 1 N–H and O–H groups in total. The van der Waals surface area contributed by atoms with E-state index in [4.69, 9.17) is 0 Å². The van der Waals surface area contributed by atoms with E-state index in [1.54, 1.807) is 0 Å². The third-order valence-electron chi connectivity index (χ3n) is 4.40. The molecule has 4 heteroatoms. The second-order valence-corrected chi connectivity index (χ2v) is 6.82. The summed E-state index contributed by atoms with van der Waals surface area (Å²) in [7, 11) is 2.06. The SMILES string of the molecule is CCCNCC1(Cc2c(Br)c(C)nn2C)CCCC1. The summed E-state index contributed by atoms with van der Waals surface area (Å²) in [4.78, 5) is 0. The van der Waals surface area contributed by atoms with Crippen LogP contribution in [0.4, 0.5) is 0 Å². The molecule has 0 radical (unpaired) electrons. The molecule has 0 atom stereocenters. The minimum absolute atomic E-state index is 0.442. The lowest BCUT2D eigenvalue weighted by molar-refractivity contribution is 0.271. The molecule has 0 spiro atoms. The van der Waals surface area contributed by atoms with Gasteiger partial charge in [-0.15, -0.1) is 0 Å². The van der Waals surface area contributed by atoms with E-state index in [1.807, 2.05) is 0 Å². The molecular weight excluding hydrogens is 302 g/mol. The highest BCUT2D eigenvalue weighted by Crippen LogP contribution is 2.41. The van der Waals surface area contributed by atoms with Crippen LogP contribution in [0.25, 0.3) is 0 Å². The number of rotatable bonds is 6. The van der Waals surface area contributed by atoms with E-state index in [-0.39, 0.29) is 0 Å². The molecule has 1 aliphatic carbocycles. The molecule has 0 amide bonds. The summed E-state index contributed by atoms with van der Waals surface area (Å²) in [5.74, 6) is 0. The van der Waals surface area contributed by atoms with Crippen LogP contribution in [-0.4, -0.2) is 22.9 Å². The van der Waals surface area contributed by atoms with Gasteiger partial charge in [0.05, 0.1) is 15.9 Å². The predicted octanol–water partition coefficient (Wildman–Crippen LogP) is 3.59. The van der Waals surface area contributed by atoms with E-state index >= 15 is 0 Å². The number of hydrogen-bond acceptors (Lipinski definition) is 2. The summed E-state index contributed by atoms with van der Waals surface area (Å²) >= 11 is 3.71. The van der Waals surface area contributed by atoms with Gasteiger partial charge in [0, 0.05) is 13.6 Å². The van der Waals surface area contributed by atoms with E-state index < -0.39 is 0 Å². The fourth-order valence-electron chi connectivity index (χ4n) is 3.30. The van der Waals surface area contributed by atoms with Crippen molar-refractivity contribution >= 4 is 15.9 Å². The maximum absolute atomic E-state index is 4.53. The van der Waals surface area contributed by atoms with Crippen LogP contribution in [0, 0.1) is 12.3 Å². The molecule has 0 bridgehead atoms. The van der Waals surface area contributed by atoms with E-state index in [1.165, 1.54) is 42.3 Å². The van der Waals surface area contributed by atoms with Gasteiger partial charge in [-0.25, -0.2) is 0 Å². The van der Waals surface area contributed by atoms with E-state index in [0.717, 1.165) is 25.2 Å². The summed E-state index contributed by atoms with van der Waals surface area (Å²) in [6.07, 6.45) is 7.80. The van der Waals surface area contributed by atoms with Crippen molar-refractivity contribution in [3.05, 3.63) is 15.9 Å². The first-order chi connectivity index (χ1) is 9.08. The largest absolute Gasteiger partial charge is 0.316 e. The van der Waals surface area contributed by atoms with E-state index in [2.05, 4.69) is 51.9 Å². The van der Waals surface area contributed by atoms with Crippen molar-refractivity contribution < 1.29 is 0 Å². The van der Waals surface area contributed by atoms with Gasteiger partial charge in [-0.3, -0.25) is 4.68 Å². The van der Waals surface area contributed by atoms with Gasteiger partial charge in [-0.05, 0) is 60.5 Å². The number of aryl methyl sites for hydroxylation is 2. The van der Waals surface area contributed by atoms with Gasteiger partial charge in [0.25, 0.3) is 0 Å². The van der Waals surface area contributed by atoms with Crippen molar-refractivity contribution in [2.24, 2.45) is 12.5 Å². The fraction of sp³-hybridized carbons (Fsp3) is 0.800. The molecule has 0 aliphatic heterocycles. The Morgan fingerprint density at radius 3 is 2.58 bits per heavy atom. The summed E-state index contributed by atoms with van der Waals surface area (Å²) in [6, 6.07) is 0. The van der Waals surface area contributed by atoms with Crippen molar-refractivity contribution in [2.45, 2.75) is 52.4 Å². The molecule has 1 aliphatic rings. The normalized spacial score (nSPS) is 18.1. The number of hydrogen-bond donors (Lipinski definition) is 1. The molecule has 0 saturated heterocycles. The Kier molecular flexibility index (Phi) is 5.07. The summed E-state index contributed by atoms with van der Waals surface area (Å²) < 4.78 is 3.26. The average Bonchev–Trinajstić information content (AvgIpc) is 2.92. The molecule has 19 heavy (non-hydrogen) atoms. The maximum atomic E-state index is 4.53. The number of nitrogens with one attached hydrogen (secondary N) is 1. The Bertz CT molecular complexity index is 419. The van der Waals surface area contributed by atoms with Crippen molar-refractivity contribution in [1.29, 1.82) is 0 Å². The zero-order chi connectivity index (χ0) is 13.9. The Balaban J connectivity index is 2.11. The number of nitrogens with zero attached hydrogens (tertiary/aromatic N) is 2. The van der Waals surface area contributed by atoms with E-state index in [0.29, 0.717) is 5.41 Å². The zero-order valence-electron chi connectivity index (χ0n) is 12.4. The third-order valence-corrected chi connectivity index (χ3v) is 5.43. The number of aromatic nitrogens is 2. The second kappa shape index (κ2) is 6.40. The van der Waals surface area contributed by atoms with Crippen LogP contribution in [0.15, 0.2) is 4.47 Å². The van der Waals surface area contributed by atoms with Crippen LogP contribution in [0.2, 0.25) is 0 Å². The molecule has 0 aromatic carbocycles. The lowest BCUT2D eigenvalue weighted by Gasteiger charge is -2.29. The Morgan fingerprint density at radius 1 is 1.37 bits per heavy atom. The molecule has 1 heterocycles. The first kappa shape index (κ1) is 15.0. The summed E-state index contributed by atoms with van der Waals surface area (Å²) in [5, 5.41) is 8.17. The van der Waals surface area contributed by atoms with Crippen LogP contribution in [-0.2, 0) is 13.5 Å². The highest BCUT2D eigenvalue weighted by Gasteiger charge is 2.35. The van der Waals surface area contributed by atoms with Crippen LogP contribution in [0.3, 0.4) is 0 Å². The topological polar surface area (TPSA) is 29.9 Å². The Labute approximate surface area is 125 Å². The van der Waals surface area contributed by atoms with Crippen LogP contribution in [0.1, 0.15) is 50.4 Å². The fourth-order valence-corrected chi connectivity index (χ4v) is 3.77. The molecule has 3 nitrogen and oxygen atoms in total. The number of halogens is 1. The quantitative estimate of drug-likeness (QED) is 0.809. The van der Waals surface area contributed by atoms with Gasteiger partial charge in [0.15, 0.2) is 0 Å². The molecule has 2 rings (SSSR count). The smallest absolute Gasteiger partial charge is 0.0738 e. The second-order valence-electron chi connectivity index (χ2n) is 6.03. The first-order valence-corrected chi connectivity index (χ1v) is 8.26. The molecular formula is C15H26BrN3. The van der Waals surface area contributed by atoms with Crippen molar-refractivity contribution in [3.63, 3.8) is 0 Å². The zero-order valence-corrected chi connectivity index (χ0v) is 14.0. The van der Waals surface area contributed by atoms with Crippen LogP contribution >= 0.6 is 15.9 Å². The van der Waals surface area contributed by atoms with Gasteiger partial charge in [-0.2, -0.15) is 5.10 Å². The van der Waals surface area contributed by atoms with Gasteiger partial charge in [0.2, 0.25) is 0 Å². The maximum Gasteiger partial charge on any atom is 0.0738 e. The van der Waals surface area contributed by atoms with Gasteiger partial charge in [0.1, 0.15) is 0 Å². The van der Waals surface area contributed by atoms with Gasteiger partial charge in [-0.1, -0.05) is 19.8 Å². The molecule has 1 aromatic rings. The van der Waals surface area contributed by atoms with Crippen molar-refractivity contribution in [1.82, 2.24) is 15.1 Å². The van der Waals surface area contributed by atoms with Gasteiger partial charge >= 0.3 is 0 Å². The standard InChI is InChI=1S/C15H26BrN3/c1-4-9-17-11-15(7-5-6-8-15)10-13-14(16)12(2)18-19(13)3/h17H,4-11H2,1-3H3. The van der Waals surface area contributed by atoms with Gasteiger partial charge < -0.3 is 5.32 Å². The van der Waals surface area contributed by atoms with Crippen molar-refractivity contribution in [3.8, 4) is 0 Å². The predicted molar refractivity (Wildman–Crippen MR) is 83.4 cm³/mol. The minimum atomic E-state index is 0.442. The summed E-state index contributed by atoms with van der Waals surface area (Å²) in [6.45, 7) is 6.59. The van der Waals surface area contributed by atoms with Crippen LogP contribution < -0.4 is 5.32 Å². The molecule has 108 valence electrons.